The van der Waals surface area contributed by atoms with Gasteiger partial charge in [0.15, 0.2) is 0 Å². The SMILES string of the molecule is CCNCC1CCC(C)CC1c1ccc(C2CCC2)cc1. The third-order valence-corrected chi connectivity index (χ3v) is 5.85. The van der Waals surface area contributed by atoms with Gasteiger partial charge in [-0.15, -0.1) is 0 Å². The quantitative estimate of drug-likeness (QED) is 0.795. The Balaban J connectivity index is 1.71. The molecule has 2 fully saturated rings. The molecule has 0 spiro atoms. The van der Waals surface area contributed by atoms with Crippen LogP contribution in [-0.4, -0.2) is 13.1 Å². The topological polar surface area (TPSA) is 12.0 Å². The highest BCUT2D eigenvalue weighted by molar-refractivity contribution is 5.29. The fourth-order valence-electron chi connectivity index (χ4n) is 4.18. The molecule has 0 radical (unpaired) electrons. The van der Waals surface area contributed by atoms with Crippen LogP contribution in [-0.2, 0) is 0 Å². The van der Waals surface area contributed by atoms with Crippen molar-refractivity contribution >= 4 is 0 Å². The molecule has 3 unspecified atom stereocenters. The molecule has 3 rings (SSSR count). The van der Waals surface area contributed by atoms with Crippen LogP contribution in [0.5, 0.6) is 0 Å². The minimum absolute atomic E-state index is 0.767. The third-order valence-electron chi connectivity index (χ3n) is 5.85. The lowest BCUT2D eigenvalue weighted by atomic mass is 9.71. The van der Waals surface area contributed by atoms with E-state index in [1.54, 1.807) is 11.1 Å². The summed E-state index contributed by atoms with van der Waals surface area (Å²) in [5.74, 6) is 3.35. The molecule has 0 heterocycles. The van der Waals surface area contributed by atoms with Crippen molar-refractivity contribution in [2.24, 2.45) is 11.8 Å². The first-order valence-electron chi connectivity index (χ1n) is 9.08. The summed E-state index contributed by atoms with van der Waals surface area (Å²) in [5, 5.41) is 3.58. The average molecular weight is 285 g/mol. The van der Waals surface area contributed by atoms with Crippen molar-refractivity contribution in [1.82, 2.24) is 5.32 Å². The largest absolute Gasteiger partial charge is 0.317 e. The van der Waals surface area contributed by atoms with E-state index in [0.717, 1.165) is 30.2 Å². The second-order valence-corrected chi connectivity index (χ2v) is 7.39. The Labute approximate surface area is 130 Å². The van der Waals surface area contributed by atoms with E-state index in [1.807, 2.05) is 0 Å². The molecule has 0 aromatic heterocycles. The number of benzene rings is 1. The molecular weight excluding hydrogens is 254 g/mol. The molecule has 0 amide bonds. The van der Waals surface area contributed by atoms with E-state index in [1.165, 1.54) is 45.1 Å². The van der Waals surface area contributed by atoms with Crippen LogP contribution in [0.1, 0.15) is 75.3 Å². The molecule has 1 N–H and O–H groups in total. The van der Waals surface area contributed by atoms with Gasteiger partial charge in [-0.25, -0.2) is 0 Å². The van der Waals surface area contributed by atoms with Gasteiger partial charge in [0.05, 0.1) is 0 Å². The number of rotatable bonds is 5. The van der Waals surface area contributed by atoms with Gasteiger partial charge in [-0.2, -0.15) is 0 Å². The lowest BCUT2D eigenvalue weighted by Crippen LogP contribution is -2.31. The number of hydrogen-bond donors (Lipinski definition) is 1. The van der Waals surface area contributed by atoms with Crippen molar-refractivity contribution in [1.29, 1.82) is 0 Å². The molecule has 2 saturated carbocycles. The van der Waals surface area contributed by atoms with Gasteiger partial charge in [0.25, 0.3) is 0 Å². The van der Waals surface area contributed by atoms with E-state index in [4.69, 9.17) is 0 Å². The lowest BCUT2D eigenvalue weighted by Gasteiger charge is -2.36. The van der Waals surface area contributed by atoms with E-state index >= 15 is 0 Å². The second-order valence-electron chi connectivity index (χ2n) is 7.39. The smallest absolute Gasteiger partial charge is 0.00148 e. The van der Waals surface area contributed by atoms with Crippen LogP contribution in [0, 0.1) is 11.8 Å². The maximum atomic E-state index is 3.58. The highest BCUT2D eigenvalue weighted by Crippen LogP contribution is 2.41. The molecule has 2 aliphatic rings. The summed E-state index contributed by atoms with van der Waals surface area (Å²) in [7, 11) is 0. The Morgan fingerprint density at radius 3 is 2.33 bits per heavy atom. The van der Waals surface area contributed by atoms with Gasteiger partial charge < -0.3 is 5.32 Å². The normalized spacial score (nSPS) is 30.1. The molecule has 1 aromatic carbocycles. The minimum Gasteiger partial charge on any atom is -0.317 e. The Bertz CT molecular complexity index is 430. The predicted molar refractivity (Wildman–Crippen MR) is 90.8 cm³/mol. The zero-order chi connectivity index (χ0) is 14.7. The average Bonchev–Trinajstić information content (AvgIpc) is 2.45. The van der Waals surface area contributed by atoms with Gasteiger partial charge in [-0.05, 0) is 73.6 Å². The van der Waals surface area contributed by atoms with Crippen LogP contribution in [0.2, 0.25) is 0 Å². The summed E-state index contributed by atoms with van der Waals surface area (Å²) >= 11 is 0. The highest BCUT2D eigenvalue weighted by atomic mass is 14.8. The summed E-state index contributed by atoms with van der Waals surface area (Å²) in [6, 6.07) is 9.72. The Kier molecular flexibility index (Phi) is 5.00. The molecule has 0 bridgehead atoms. The maximum Gasteiger partial charge on any atom is -0.00148 e. The zero-order valence-corrected chi connectivity index (χ0v) is 13.8. The highest BCUT2D eigenvalue weighted by Gasteiger charge is 2.29. The van der Waals surface area contributed by atoms with Crippen molar-refractivity contribution in [3.8, 4) is 0 Å². The first-order chi connectivity index (χ1) is 10.3. The molecule has 3 atom stereocenters. The van der Waals surface area contributed by atoms with Crippen LogP contribution in [0.4, 0.5) is 0 Å². The van der Waals surface area contributed by atoms with Crippen molar-refractivity contribution in [2.45, 2.75) is 64.2 Å². The first-order valence-corrected chi connectivity index (χ1v) is 9.08. The van der Waals surface area contributed by atoms with Crippen LogP contribution in [0.3, 0.4) is 0 Å². The standard InChI is InChI=1S/C20H31N/c1-3-21-14-19-8-7-15(2)13-20(19)18-11-9-17(10-12-18)16-5-4-6-16/h9-12,15-16,19-21H,3-8,13-14H2,1-2H3. The summed E-state index contributed by atoms with van der Waals surface area (Å²) < 4.78 is 0. The van der Waals surface area contributed by atoms with E-state index < -0.39 is 0 Å². The van der Waals surface area contributed by atoms with E-state index in [2.05, 4.69) is 43.4 Å². The molecule has 116 valence electrons. The first kappa shape index (κ1) is 15.1. The fraction of sp³-hybridized carbons (Fsp3) is 0.700. The lowest BCUT2D eigenvalue weighted by molar-refractivity contribution is 0.242. The monoisotopic (exact) mass is 285 g/mol. The van der Waals surface area contributed by atoms with Gasteiger partial charge >= 0.3 is 0 Å². The summed E-state index contributed by atoms with van der Waals surface area (Å²) in [4.78, 5) is 0. The zero-order valence-electron chi connectivity index (χ0n) is 13.8. The molecule has 0 saturated heterocycles. The molecule has 1 aromatic rings. The van der Waals surface area contributed by atoms with Crippen molar-refractivity contribution in [3.63, 3.8) is 0 Å². The second kappa shape index (κ2) is 6.96. The molecule has 1 nitrogen and oxygen atoms in total. The molecule has 2 aliphatic carbocycles. The molecule has 1 heteroatoms. The van der Waals surface area contributed by atoms with Gasteiger partial charge in [-0.3, -0.25) is 0 Å². The van der Waals surface area contributed by atoms with Crippen LogP contribution < -0.4 is 5.32 Å². The van der Waals surface area contributed by atoms with Crippen LogP contribution in [0.25, 0.3) is 0 Å². The van der Waals surface area contributed by atoms with Gasteiger partial charge in [0, 0.05) is 0 Å². The summed E-state index contributed by atoms with van der Waals surface area (Å²) in [6.45, 7) is 6.94. The predicted octanol–water partition coefficient (Wildman–Crippen LogP) is 5.08. The fourth-order valence-corrected chi connectivity index (χ4v) is 4.18. The van der Waals surface area contributed by atoms with Gasteiger partial charge in [0.2, 0.25) is 0 Å². The maximum absolute atomic E-state index is 3.58. The number of nitrogens with one attached hydrogen (secondary N) is 1. The molecule has 0 aliphatic heterocycles. The van der Waals surface area contributed by atoms with Crippen molar-refractivity contribution in [3.05, 3.63) is 35.4 Å². The van der Waals surface area contributed by atoms with E-state index in [9.17, 15) is 0 Å². The third kappa shape index (κ3) is 3.51. The van der Waals surface area contributed by atoms with E-state index in [0.29, 0.717) is 0 Å². The van der Waals surface area contributed by atoms with Crippen LogP contribution in [0.15, 0.2) is 24.3 Å². The Hall–Kier alpha value is -0.820. The van der Waals surface area contributed by atoms with Crippen molar-refractivity contribution < 1.29 is 0 Å². The molecular formula is C20H31N. The van der Waals surface area contributed by atoms with Gasteiger partial charge in [-0.1, -0.05) is 51.0 Å². The Morgan fingerprint density at radius 1 is 1.00 bits per heavy atom. The Morgan fingerprint density at radius 2 is 1.71 bits per heavy atom. The van der Waals surface area contributed by atoms with Crippen LogP contribution >= 0.6 is 0 Å². The summed E-state index contributed by atoms with van der Waals surface area (Å²) in [5.41, 5.74) is 3.17. The van der Waals surface area contributed by atoms with E-state index in [-0.39, 0.29) is 0 Å². The minimum atomic E-state index is 0.767. The summed E-state index contributed by atoms with van der Waals surface area (Å²) in [6.07, 6.45) is 8.41. The van der Waals surface area contributed by atoms with Crippen molar-refractivity contribution in [2.75, 3.05) is 13.1 Å². The van der Waals surface area contributed by atoms with Gasteiger partial charge in [0.1, 0.15) is 0 Å². The molecule has 21 heavy (non-hydrogen) atoms. The number of hydrogen-bond acceptors (Lipinski definition) is 1.